The summed E-state index contributed by atoms with van der Waals surface area (Å²) < 4.78 is 26.2. The van der Waals surface area contributed by atoms with Gasteiger partial charge in [0.25, 0.3) is 5.91 Å². The predicted octanol–water partition coefficient (Wildman–Crippen LogP) is 4.11. The summed E-state index contributed by atoms with van der Waals surface area (Å²) in [6.07, 6.45) is 1.34. The predicted molar refractivity (Wildman–Crippen MR) is 95.1 cm³/mol. The summed E-state index contributed by atoms with van der Waals surface area (Å²) in [7, 11) is 0. The van der Waals surface area contributed by atoms with E-state index in [2.05, 4.69) is 5.32 Å². The highest BCUT2D eigenvalue weighted by Crippen LogP contribution is 2.23. The van der Waals surface area contributed by atoms with Crippen LogP contribution in [0, 0.1) is 17.6 Å². The molecule has 2 aromatic carbocycles. The Labute approximate surface area is 154 Å². The minimum absolute atomic E-state index is 0.0699. The van der Waals surface area contributed by atoms with Crippen LogP contribution in [0.25, 0.3) is 0 Å². The minimum atomic E-state index is -0.557. The molecule has 1 unspecified atom stereocenters. The van der Waals surface area contributed by atoms with Gasteiger partial charge in [-0.05, 0) is 55.3 Å². The molecule has 1 atom stereocenters. The van der Waals surface area contributed by atoms with Crippen molar-refractivity contribution in [2.24, 2.45) is 5.92 Å². The molecule has 0 radical (unpaired) electrons. The van der Waals surface area contributed by atoms with Gasteiger partial charge in [0.1, 0.15) is 11.6 Å². The number of hydrogen-bond donors (Lipinski definition) is 1. The van der Waals surface area contributed by atoms with Gasteiger partial charge >= 0.3 is 0 Å². The van der Waals surface area contributed by atoms with E-state index in [4.69, 9.17) is 11.6 Å². The summed E-state index contributed by atoms with van der Waals surface area (Å²) in [5, 5.41) is 2.64. The van der Waals surface area contributed by atoms with Gasteiger partial charge in [0.15, 0.2) is 0 Å². The Hall–Kier alpha value is -2.47. The van der Waals surface area contributed by atoms with Crippen LogP contribution in [0.4, 0.5) is 14.5 Å². The molecule has 0 bridgehead atoms. The fraction of sp³-hybridized carbons (Fsp3) is 0.263. The average molecular weight is 379 g/mol. The summed E-state index contributed by atoms with van der Waals surface area (Å²) in [5.41, 5.74) is 0.793. The summed E-state index contributed by atoms with van der Waals surface area (Å²) in [6.45, 7) is 0.819. The molecule has 1 aliphatic heterocycles. The average Bonchev–Trinajstić information content (AvgIpc) is 2.65. The first-order chi connectivity index (χ1) is 12.4. The number of anilines is 1. The fourth-order valence-corrected chi connectivity index (χ4v) is 3.15. The fourth-order valence-electron chi connectivity index (χ4n) is 2.97. The zero-order valence-electron chi connectivity index (χ0n) is 13.8. The zero-order valence-corrected chi connectivity index (χ0v) is 14.6. The Bertz CT molecular complexity index is 827. The Balaban J connectivity index is 1.65. The first-order valence-electron chi connectivity index (χ1n) is 8.25. The van der Waals surface area contributed by atoms with Crippen LogP contribution in [0.2, 0.25) is 5.02 Å². The SMILES string of the molecule is O=C(Nc1ccc(F)c(Cl)c1)C1CCCN(C(=O)c2ccc(F)cc2)C1. The third-order valence-electron chi connectivity index (χ3n) is 4.36. The van der Waals surface area contributed by atoms with Crippen molar-refractivity contribution in [3.63, 3.8) is 0 Å². The molecule has 0 saturated carbocycles. The van der Waals surface area contributed by atoms with Crippen molar-refractivity contribution < 1.29 is 18.4 Å². The Kier molecular flexibility index (Phi) is 5.52. The van der Waals surface area contributed by atoms with Gasteiger partial charge in [-0.25, -0.2) is 8.78 Å². The van der Waals surface area contributed by atoms with Gasteiger partial charge in [-0.1, -0.05) is 11.6 Å². The molecule has 7 heteroatoms. The number of amides is 2. The second-order valence-electron chi connectivity index (χ2n) is 6.22. The number of hydrogen-bond acceptors (Lipinski definition) is 2. The van der Waals surface area contributed by atoms with E-state index >= 15 is 0 Å². The van der Waals surface area contributed by atoms with Gasteiger partial charge in [-0.2, -0.15) is 0 Å². The Morgan fingerprint density at radius 1 is 1.12 bits per heavy atom. The lowest BCUT2D eigenvalue weighted by Gasteiger charge is -2.32. The standard InChI is InChI=1S/C19H17ClF2N2O2/c20-16-10-15(7-8-17(16)22)23-18(25)13-2-1-9-24(11-13)19(26)12-3-5-14(21)6-4-12/h3-8,10,13H,1-2,9,11H2,(H,23,25). The quantitative estimate of drug-likeness (QED) is 0.873. The van der Waals surface area contributed by atoms with Gasteiger partial charge in [0, 0.05) is 24.3 Å². The number of carbonyl (C=O) groups is 2. The number of likely N-dealkylation sites (tertiary alicyclic amines) is 1. The summed E-state index contributed by atoms with van der Waals surface area (Å²) in [6, 6.07) is 9.30. The molecule has 2 amide bonds. The number of rotatable bonds is 3. The summed E-state index contributed by atoms with van der Waals surface area (Å²) in [5.74, 6) is -1.82. The minimum Gasteiger partial charge on any atom is -0.338 e. The lowest BCUT2D eigenvalue weighted by molar-refractivity contribution is -0.121. The lowest BCUT2D eigenvalue weighted by Crippen LogP contribution is -2.43. The molecule has 0 spiro atoms. The highest BCUT2D eigenvalue weighted by molar-refractivity contribution is 6.31. The normalized spacial score (nSPS) is 17.0. The monoisotopic (exact) mass is 378 g/mol. The first kappa shape index (κ1) is 18.3. The van der Waals surface area contributed by atoms with Crippen molar-refractivity contribution in [3.8, 4) is 0 Å². The number of nitrogens with one attached hydrogen (secondary N) is 1. The van der Waals surface area contributed by atoms with Crippen molar-refractivity contribution in [2.45, 2.75) is 12.8 Å². The van der Waals surface area contributed by atoms with Gasteiger partial charge in [-0.15, -0.1) is 0 Å². The molecular formula is C19H17ClF2N2O2. The van der Waals surface area contributed by atoms with Crippen LogP contribution in [0.3, 0.4) is 0 Å². The molecular weight excluding hydrogens is 362 g/mol. The highest BCUT2D eigenvalue weighted by atomic mass is 35.5. The third kappa shape index (κ3) is 4.19. The number of piperidine rings is 1. The van der Waals surface area contributed by atoms with Crippen LogP contribution < -0.4 is 5.32 Å². The van der Waals surface area contributed by atoms with Crippen LogP contribution in [0.1, 0.15) is 23.2 Å². The molecule has 1 heterocycles. The zero-order chi connectivity index (χ0) is 18.7. The van der Waals surface area contributed by atoms with E-state index < -0.39 is 11.6 Å². The number of carbonyl (C=O) groups excluding carboxylic acids is 2. The molecule has 0 aromatic heterocycles. The number of benzene rings is 2. The smallest absolute Gasteiger partial charge is 0.253 e. The van der Waals surface area contributed by atoms with Crippen molar-refractivity contribution in [1.82, 2.24) is 4.90 Å². The van der Waals surface area contributed by atoms with E-state index in [-0.39, 0.29) is 29.3 Å². The maximum absolute atomic E-state index is 13.2. The molecule has 0 aliphatic carbocycles. The molecule has 1 aliphatic rings. The van der Waals surface area contributed by atoms with E-state index in [0.717, 1.165) is 0 Å². The van der Waals surface area contributed by atoms with E-state index in [9.17, 15) is 18.4 Å². The van der Waals surface area contributed by atoms with E-state index in [1.807, 2.05) is 0 Å². The van der Waals surface area contributed by atoms with Gasteiger partial charge in [0.05, 0.1) is 10.9 Å². The van der Waals surface area contributed by atoms with Gasteiger partial charge in [0.2, 0.25) is 5.91 Å². The Morgan fingerprint density at radius 2 is 1.85 bits per heavy atom. The molecule has 136 valence electrons. The second kappa shape index (κ2) is 7.83. The molecule has 1 fully saturated rings. The molecule has 1 N–H and O–H groups in total. The molecule has 26 heavy (non-hydrogen) atoms. The Morgan fingerprint density at radius 3 is 2.54 bits per heavy atom. The van der Waals surface area contributed by atoms with Crippen molar-refractivity contribution >= 4 is 29.1 Å². The summed E-state index contributed by atoms with van der Waals surface area (Å²) in [4.78, 5) is 26.6. The number of nitrogens with zero attached hydrogens (tertiary/aromatic N) is 1. The highest BCUT2D eigenvalue weighted by Gasteiger charge is 2.29. The van der Waals surface area contributed by atoms with Gasteiger partial charge in [-0.3, -0.25) is 9.59 Å². The van der Waals surface area contributed by atoms with Gasteiger partial charge < -0.3 is 10.2 Å². The molecule has 3 rings (SSSR count). The third-order valence-corrected chi connectivity index (χ3v) is 4.65. The lowest BCUT2D eigenvalue weighted by atomic mass is 9.96. The van der Waals surface area contributed by atoms with Crippen molar-refractivity contribution in [1.29, 1.82) is 0 Å². The topological polar surface area (TPSA) is 49.4 Å². The van der Waals surface area contributed by atoms with Crippen LogP contribution in [0.5, 0.6) is 0 Å². The van der Waals surface area contributed by atoms with Crippen LogP contribution >= 0.6 is 11.6 Å². The number of halogens is 3. The van der Waals surface area contributed by atoms with Crippen molar-refractivity contribution in [2.75, 3.05) is 18.4 Å². The van der Waals surface area contributed by atoms with Crippen LogP contribution in [-0.4, -0.2) is 29.8 Å². The summed E-state index contributed by atoms with van der Waals surface area (Å²) >= 11 is 5.72. The first-order valence-corrected chi connectivity index (χ1v) is 8.62. The second-order valence-corrected chi connectivity index (χ2v) is 6.62. The molecule has 4 nitrogen and oxygen atoms in total. The largest absolute Gasteiger partial charge is 0.338 e. The van der Waals surface area contributed by atoms with E-state index in [1.165, 1.54) is 42.5 Å². The molecule has 2 aromatic rings. The maximum atomic E-state index is 13.2. The van der Waals surface area contributed by atoms with E-state index in [0.29, 0.717) is 30.6 Å². The van der Waals surface area contributed by atoms with Crippen molar-refractivity contribution in [3.05, 3.63) is 64.7 Å². The van der Waals surface area contributed by atoms with Crippen LogP contribution in [0.15, 0.2) is 42.5 Å². The molecule has 1 saturated heterocycles. The maximum Gasteiger partial charge on any atom is 0.253 e. The van der Waals surface area contributed by atoms with Crippen LogP contribution in [-0.2, 0) is 4.79 Å². The van der Waals surface area contributed by atoms with E-state index in [1.54, 1.807) is 4.90 Å².